The first-order chi connectivity index (χ1) is 11.3. The van der Waals surface area contributed by atoms with Gasteiger partial charge in [-0.25, -0.2) is 0 Å². The molecule has 0 radical (unpaired) electrons. The maximum Gasteiger partial charge on any atom is 0.408 e. The summed E-state index contributed by atoms with van der Waals surface area (Å²) >= 11 is 0. The maximum atomic E-state index is 13.2. The van der Waals surface area contributed by atoms with Crippen molar-refractivity contribution in [3.05, 3.63) is 48.0 Å². The lowest BCUT2D eigenvalue weighted by molar-refractivity contribution is -0.196. The van der Waals surface area contributed by atoms with Gasteiger partial charge in [-0.1, -0.05) is 42.5 Å². The van der Waals surface area contributed by atoms with Crippen molar-refractivity contribution in [1.82, 2.24) is 4.90 Å². The van der Waals surface area contributed by atoms with Crippen LogP contribution in [-0.2, 0) is 11.2 Å². The topological polar surface area (TPSA) is 46.3 Å². The number of hydrogen-bond acceptors (Lipinski definition) is 2. The van der Waals surface area contributed by atoms with Crippen LogP contribution in [0.25, 0.3) is 10.8 Å². The number of carbonyl (C=O) groups excluding carboxylic acids is 1. The Bertz CT molecular complexity index is 744. The summed E-state index contributed by atoms with van der Waals surface area (Å²) in [5, 5.41) is 1.99. The minimum atomic E-state index is -4.42. The van der Waals surface area contributed by atoms with Crippen LogP contribution in [0.2, 0.25) is 0 Å². The zero-order valence-electron chi connectivity index (χ0n) is 13.1. The molecular formula is C18H19F3N2O. The highest BCUT2D eigenvalue weighted by molar-refractivity contribution is 5.85. The number of piperidine rings is 1. The Morgan fingerprint density at radius 1 is 1.12 bits per heavy atom. The van der Waals surface area contributed by atoms with Gasteiger partial charge in [0.2, 0.25) is 5.91 Å². The Kier molecular flexibility index (Phi) is 4.49. The number of halogens is 3. The third-order valence-corrected chi connectivity index (χ3v) is 4.49. The Morgan fingerprint density at radius 3 is 2.54 bits per heavy atom. The molecule has 3 nitrogen and oxygen atoms in total. The number of alkyl halides is 3. The number of nitrogens with zero attached hydrogens (tertiary/aromatic N) is 1. The van der Waals surface area contributed by atoms with Crippen LogP contribution in [-0.4, -0.2) is 35.6 Å². The van der Waals surface area contributed by atoms with E-state index in [1.807, 2.05) is 36.4 Å². The second kappa shape index (κ2) is 6.43. The van der Waals surface area contributed by atoms with E-state index in [-0.39, 0.29) is 25.8 Å². The summed E-state index contributed by atoms with van der Waals surface area (Å²) in [6, 6.07) is 11.0. The van der Waals surface area contributed by atoms with Crippen LogP contribution in [0.3, 0.4) is 0 Å². The summed E-state index contributed by atoms with van der Waals surface area (Å²) in [5.74, 6) is -0.525. The number of nitrogens with two attached hydrogens (primary N) is 1. The summed E-state index contributed by atoms with van der Waals surface area (Å²) in [4.78, 5) is 13.4. The molecule has 2 atom stereocenters. The molecule has 1 amide bonds. The molecule has 2 N–H and O–H groups in total. The Hall–Kier alpha value is -2.08. The van der Waals surface area contributed by atoms with Crippen molar-refractivity contribution in [3.8, 4) is 0 Å². The van der Waals surface area contributed by atoms with Crippen molar-refractivity contribution in [2.75, 3.05) is 6.54 Å². The molecule has 0 spiro atoms. The molecular weight excluding hydrogens is 317 g/mol. The van der Waals surface area contributed by atoms with Crippen LogP contribution in [0.5, 0.6) is 0 Å². The Morgan fingerprint density at radius 2 is 1.83 bits per heavy atom. The number of fused-ring (bicyclic) bond motifs is 1. The lowest BCUT2D eigenvalue weighted by Crippen LogP contribution is -2.57. The van der Waals surface area contributed by atoms with Gasteiger partial charge >= 0.3 is 6.18 Å². The van der Waals surface area contributed by atoms with E-state index in [4.69, 9.17) is 5.73 Å². The third kappa shape index (κ3) is 3.53. The predicted molar refractivity (Wildman–Crippen MR) is 86.4 cm³/mol. The average molecular weight is 336 g/mol. The summed E-state index contributed by atoms with van der Waals surface area (Å²) in [6.45, 7) is -0.0450. The third-order valence-electron chi connectivity index (χ3n) is 4.49. The van der Waals surface area contributed by atoms with Gasteiger partial charge in [0.25, 0.3) is 0 Å². The number of carbonyl (C=O) groups is 1. The van der Waals surface area contributed by atoms with Gasteiger partial charge in [-0.2, -0.15) is 13.2 Å². The summed E-state index contributed by atoms with van der Waals surface area (Å²) in [6.07, 6.45) is -4.32. The second-order valence-electron chi connectivity index (χ2n) is 6.30. The van der Waals surface area contributed by atoms with Gasteiger partial charge in [0, 0.05) is 12.6 Å². The minimum absolute atomic E-state index is 0.0450. The van der Waals surface area contributed by atoms with Gasteiger partial charge in [0.15, 0.2) is 0 Å². The normalized spacial score (nSPS) is 21.9. The molecule has 0 unspecified atom stereocenters. The monoisotopic (exact) mass is 336 g/mol. The highest BCUT2D eigenvalue weighted by atomic mass is 19.4. The molecule has 1 fully saturated rings. The van der Waals surface area contributed by atoms with E-state index in [1.54, 1.807) is 6.07 Å². The number of likely N-dealkylation sites (tertiary alicyclic amines) is 1. The number of benzene rings is 2. The minimum Gasteiger partial charge on any atom is -0.329 e. The molecule has 0 aromatic heterocycles. The predicted octanol–water partition coefficient (Wildman–Crippen LogP) is 3.26. The molecule has 0 bridgehead atoms. The fourth-order valence-corrected chi connectivity index (χ4v) is 3.24. The van der Waals surface area contributed by atoms with Gasteiger partial charge < -0.3 is 10.6 Å². The Balaban J connectivity index is 1.80. The number of amides is 1. The SMILES string of the molecule is N[C@H]1CC[C@@H](C(F)(F)F)N(C(=O)Cc2ccc3ccccc3c2)C1. The molecule has 1 saturated heterocycles. The van der Waals surface area contributed by atoms with Crippen molar-refractivity contribution in [1.29, 1.82) is 0 Å². The van der Waals surface area contributed by atoms with Gasteiger partial charge in [-0.15, -0.1) is 0 Å². The molecule has 0 saturated carbocycles. The lowest BCUT2D eigenvalue weighted by Gasteiger charge is -2.39. The molecule has 0 aliphatic carbocycles. The van der Waals surface area contributed by atoms with Gasteiger partial charge in [0.1, 0.15) is 6.04 Å². The zero-order chi connectivity index (χ0) is 17.3. The van der Waals surface area contributed by atoms with Crippen LogP contribution in [0.1, 0.15) is 18.4 Å². The van der Waals surface area contributed by atoms with E-state index in [2.05, 4.69) is 0 Å². The van der Waals surface area contributed by atoms with E-state index in [0.717, 1.165) is 15.7 Å². The van der Waals surface area contributed by atoms with E-state index >= 15 is 0 Å². The standard InChI is InChI=1S/C18H19F3N2O/c19-18(20,21)16-8-7-15(22)11-23(16)17(24)10-12-5-6-13-3-1-2-4-14(13)9-12/h1-6,9,15-16H,7-8,10-11,22H2/t15-,16-/m0/s1. The van der Waals surface area contributed by atoms with Crippen molar-refractivity contribution in [2.24, 2.45) is 5.73 Å². The number of hydrogen-bond donors (Lipinski definition) is 1. The van der Waals surface area contributed by atoms with Gasteiger partial charge in [-0.05, 0) is 29.2 Å². The quantitative estimate of drug-likeness (QED) is 0.915. The van der Waals surface area contributed by atoms with Crippen LogP contribution in [0.15, 0.2) is 42.5 Å². The maximum absolute atomic E-state index is 13.2. The molecule has 2 aromatic carbocycles. The van der Waals surface area contributed by atoms with Crippen LogP contribution in [0.4, 0.5) is 13.2 Å². The van der Waals surface area contributed by atoms with Crippen molar-refractivity contribution in [3.63, 3.8) is 0 Å². The zero-order valence-corrected chi connectivity index (χ0v) is 13.1. The first-order valence-electron chi connectivity index (χ1n) is 7.94. The lowest BCUT2D eigenvalue weighted by atomic mass is 9.97. The van der Waals surface area contributed by atoms with Crippen LogP contribution >= 0.6 is 0 Å². The van der Waals surface area contributed by atoms with Crippen LogP contribution < -0.4 is 5.73 Å². The molecule has 3 rings (SSSR count). The van der Waals surface area contributed by atoms with E-state index in [9.17, 15) is 18.0 Å². The Labute approximate surface area is 138 Å². The second-order valence-corrected chi connectivity index (χ2v) is 6.30. The van der Waals surface area contributed by atoms with E-state index in [0.29, 0.717) is 5.56 Å². The summed E-state index contributed by atoms with van der Waals surface area (Å²) < 4.78 is 39.6. The highest BCUT2D eigenvalue weighted by Crippen LogP contribution is 2.32. The molecule has 24 heavy (non-hydrogen) atoms. The summed E-state index contributed by atoms with van der Waals surface area (Å²) in [7, 11) is 0. The first kappa shape index (κ1) is 16.8. The molecule has 6 heteroatoms. The van der Waals surface area contributed by atoms with E-state index in [1.165, 1.54) is 0 Å². The molecule has 1 heterocycles. The summed E-state index contributed by atoms with van der Waals surface area (Å²) in [5.41, 5.74) is 6.48. The van der Waals surface area contributed by atoms with Crippen molar-refractivity contribution in [2.45, 2.75) is 37.5 Å². The number of rotatable bonds is 2. The van der Waals surface area contributed by atoms with Crippen molar-refractivity contribution < 1.29 is 18.0 Å². The van der Waals surface area contributed by atoms with Crippen LogP contribution in [0, 0.1) is 0 Å². The molecule has 128 valence electrons. The molecule has 1 aliphatic rings. The van der Waals surface area contributed by atoms with Gasteiger partial charge in [0.05, 0.1) is 6.42 Å². The van der Waals surface area contributed by atoms with Crippen molar-refractivity contribution >= 4 is 16.7 Å². The smallest absolute Gasteiger partial charge is 0.329 e. The fourth-order valence-electron chi connectivity index (χ4n) is 3.24. The first-order valence-corrected chi connectivity index (χ1v) is 7.94. The van der Waals surface area contributed by atoms with E-state index < -0.39 is 24.2 Å². The average Bonchev–Trinajstić information content (AvgIpc) is 2.53. The van der Waals surface area contributed by atoms with Gasteiger partial charge in [-0.3, -0.25) is 4.79 Å². The molecule has 1 aliphatic heterocycles. The fraction of sp³-hybridized carbons (Fsp3) is 0.389. The molecule has 2 aromatic rings. The largest absolute Gasteiger partial charge is 0.408 e. The highest BCUT2D eigenvalue weighted by Gasteiger charge is 2.47.